The molecule has 0 saturated carbocycles. The van der Waals surface area contributed by atoms with Gasteiger partial charge in [-0.3, -0.25) is 4.90 Å². The molecule has 0 aromatic carbocycles. The Balaban J connectivity index is 2.24. The SMILES string of the molecule is CC(C)N1CCC(N)C1c1ccc(Br)o1. The minimum Gasteiger partial charge on any atom is -0.453 e. The summed E-state index contributed by atoms with van der Waals surface area (Å²) in [5.74, 6) is 0.973. The number of rotatable bonds is 2. The van der Waals surface area contributed by atoms with Crippen molar-refractivity contribution in [2.75, 3.05) is 6.54 Å². The molecule has 84 valence electrons. The number of hydrogen-bond acceptors (Lipinski definition) is 3. The lowest BCUT2D eigenvalue weighted by Crippen LogP contribution is -2.35. The van der Waals surface area contributed by atoms with Gasteiger partial charge in [0.2, 0.25) is 0 Å². The second kappa shape index (κ2) is 4.28. The molecular formula is C11H17BrN2O. The van der Waals surface area contributed by atoms with Crippen molar-refractivity contribution in [1.29, 1.82) is 0 Å². The molecular weight excluding hydrogens is 256 g/mol. The second-order valence-electron chi connectivity index (χ2n) is 4.37. The molecule has 0 spiro atoms. The molecule has 0 bridgehead atoms. The predicted molar refractivity (Wildman–Crippen MR) is 63.6 cm³/mol. The fourth-order valence-corrected chi connectivity index (χ4v) is 2.60. The zero-order valence-electron chi connectivity index (χ0n) is 9.11. The molecule has 2 rings (SSSR count). The topological polar surface area (TPSA) is 42.4 Å². The van der Waals surface area contributed by atoms with Gasteiger partial charge in [0.05, 0.1) is 6.04 Å². The van der Waals surface area contributed by atoms with Crippen LogP contribution in [0.1, 0.15) is 32.1 Å². The van der Waals surface area contributed by atoms with Gasteiger partial charge in [-0.15, -0.1) is 0 Å². The zero-order valence-corrected chi connectivity index (χ0v) is 10.7. The molecule has 2 atom stereocenters. The molecule has 1 aliphatic rings. The first-order chi connectivity index (χ1) is 7.09. The molecule has 2 N–H and O–H groups in total. The molecule has 2 unspecified atom stereocenters. The fourth-order valence-electron chi connectivity index (χ4n) is 2.28. The number of hydrogen-bond donors (Lipinski definition) is 1. The van der Waals surface area contributed by atoms with Crippen LogP contribution >= 0.6 is 15.9 Å². The van der Waals surface area contributed by atoms with Crippen LogP contribution in [0.25, 0.3) is 0 Å². The standard InChI is InChI=1S/C11H17BrN2O/c1-7(2)14-6-5-8(13)11(14)9-3-4-10(12)15-9/h3-4,7-8,11H,5-6,13H2,1-2H3. The van der Waals surface area contributed by atoms with Crippen LogP contribution in [0.3, 0.4) is 0 Å². The molecule has 1 aliphatic heterocycles. The number of nitrogens with two attached hydrogens (primary N) is 1. The quantitative estimate of drug-likeness (QED) is 0.900. The number of furan rings is 1. The predicted octanol–water partition coefficient (Wildman–Crippen LogP) is 2.52. The fraction of sp³-hybridized carbons (Fsp3) is 0.636. The van der Waals surface area contributed by atoms with E-state index in [0.717, 1.165) is 23.4 Å². The lowest BCUT2D eigenvalue weighted by atomic mass is 10.1. The highest BCUT2D eigenvalue weighted by molar-refractivity contribution is 9.10. The van der Waals surface area contributed by atoms with Gasteiger partial charge in [-0.1, -0.05) is 0 Å². The molecule has 1 fully saturated rings. The van der Waals surface area contributed by atoms with Gasteiger partial charge < -0.3 is 10.2 Å². The largest absolute Gasteiger partial charge is 0.453 e. The van der Waals surface area contributed by atoms with Gasteiger partial charge in [0.1, 0.15) is 5.76 Å². The summed E-state index contributed by atoms with van der Waals surface area (Å²) in [5.41, 5.74) is 6.13. The third-order valence-electron chi connectivity index (χ3n) is 3.03. The number of nitrogens with zero attached hydrogens (tertiary/aromatic N) is 1. The van der Waals surface area contributed by atoms with Crippen molar-refractivity contribution in [2.45, 2.75) is 38.4 Å². The summed E-state index contributed by atoms with van der Waals surface area (Å²) in [6, 6.07) is 4.86. The molecule has 1 aromatic rings. The summed E-state index contributed by atoms with van der Waals surface area (Å²) in [6.07, 6.45) is 1.04. The Kier molecular flexibility index (Phi) is 3.19. The molecule has 0 amide bonds. The Morgan fingerprint density at radius 2 is 2.27 bits per heavy atom. The number of halogens is 1. The second-order valence-corrected chi connectivity index (χ2v) is 5.15. The first kappa shape index (κ1) is 11.2. The van der Waals surface area contributed by atoms with Gasteiger partial charge in [-0.2, -0.15) is 0 Å². The molecule has 15 heavy (non-hydrogen) atoms. The van der Waals surface area contributed by atoms with Crippen molar-refractivity contribution < 1.29 is 4.42 Å². The minimum absolute atomic E-state index is 0.186. The van der Waals surface area contributed by atoms with Crippen LogP contribution in [0.15, 0.2) is 21.2 Å². The van der Waals surface area contributed by atoms with E-state index in [0.29, 0.717) is 6.04 Å². The monoisotopic (exact) mass is 272 g/mol. The van der Waals surface area contributed by atoms with Crippen molar-refractivity contribution >= 4 is 15.9 Å². The smallest absolute Gasteiger partial charge is 0.169 e. The maximum atomic E-state index is 6.13. The highest BCUT2D eigenvalue weighted by atomic mass is 79.9. The van der Waals surface area contributed by atoms with E-state index >= 15 is 0 Å². The first-order valence-corrected chi connectivity index (χ1v) is 6.15. The average Bonchev–Trinajstić information content (AvgIpc) is 2.71. The van der Waals surface area contributed by atoms with Crippen LogP contribution in [0.4, 0.5) is 0 Å². The van der Waals surface area contributed by atoms with E-state index in [9.17, 15) is 0 Å². The van der Waals surface area contributed by atoms with Gasteiger partial charge in [0.15, 0.2) is 4.67 Å². The molecule has 0 radical (unpaired) electrons. The summed E-state index contributed by atoms with van der Waals surface area (Å²) in [6.45, 7) is 5.45. The van der Waals surface area contributed by atoms with Gasteiger partial charge in [0.25, 0.3) is 0 Å². The van der Waals surface area contributed by atoms with E-state index in [1.807, 2.05) is 12.1 Å². The van der Waals surface area contributed by atoms with E-state index in [4.69, 9.17) is 10.2 Å². The summed E-state index contributed by atoms with van der Waals surface area (Å²) < 4.78 is 6.39. The summed E-state index contributed by atoms with van der Waals surface area (Å²) in [4.78, 5) is 2.40. The van der Waals surface area contributed by atoms with Crippen molar-refractivity contribution in [3.63, 3.8) is 0 Å². The van der Waals surface area contributed by atoms with Crippen LogP contribution in [0, 0.1) is 0 Å². The van der Waals surface area contributed by atoms with Crippen LogP contribution in [0.2, 0.25) is 0 Å². The summed E-state index contributed by atoms with van der Waals surface area (Å²) >= 11 is 3.33. The number of likely N-dealkylation sites (tertiary alicyclic amines) is 1. The molecule has 2 heterocycles. The highest BCUT2D eigenvalue weighted by Crippen LogP contribution is 2.34. The molecule has 4 heteroatoms. The zero-order chi connectivity index (χ0) is 11.0. The van der Waals surface area contributed by atoms with Crippen molar-refractivity contribution in [3.8, 4) is 0 Å². The first-order valence-electron chi connectivity index (χ1n) is 5.36. The average molecular weight is 273 g/mol. The van der Waals surface area contributed by atoms with E-state index in [-0.39, 0.29) is 12.1 Å². The highest BCUT2D eigenvalue weighted by Gasteiger charge is 2.36. The Labute approximate surface area is 98.7 Å². The lowest BCUT2D eigenvalue weighted by molar-refractivity contribution is 0.175. The van der Waals surface area contributed by atoms with Gasteiger partial charge in [-0.05, 0) is 48.3 Å². The van der Waals surface area contributed by atoms with Gasteiger partial charge in [0, 0.05) is 18.6 Å². The summed E-state index contributed by atoms with van der Waals surface area (Å²) in [7, 11) is 0. The maximum Gasteiger partial charge on any atom is 0.169 e. The Morgan fingerprint density at radius 1 is 1.53 bits per heavy atom. The van der Waals surface area contributed by atoms with Crippen LogP contribution in [-0.2, 0) is 0 Å². The molecule has 1 aromatic heterocycles. The Morgan fingerprint density at radius 3 is 2.80 bits per heavy atom. The van der Waals surface area contributed by atoms with Gasteiger partial charge in [-0.25, -0.2) is 0 Å². The third-order valence-corrected chi connectivity index (χ3v) is 3.46. The van der Waals surface area contributed by atoms with E-state index < -0.39 is 0 Å². The Hall–Kier alpha value is -0.320. The van der Waals surface area contributed by atoms with E-state index in [2.05, 4.69) is 34.7 Å². The van der Waals surface area contributed by atoms with Crippen molar-refractivity contribution in [2.24, 2.45) is 5.73 Å². The van der Waals surface area contributed by atoms with Crippen LogP contribution in [-0.4, -0.2) is 23.5 Å². The van der Waals surface area contributed by atoms with Crippen LogP contribution in [0.5, 0.6) is 0 Å². The molecule has 3 nitrogen and oxygen atoms in total. The van der Waals surface area contributed by atoms with Crippen molar-refractivity contribution in [1.82, 2.24) is 4.90 Å². The minimum atomic E-state index is 0.186. The third kappa shape index (κ3) is 2.12. The van der Waals surface area contributed by atoms with Crippen molar-refractivity contribution in [3.05, 3.63) is 22.6 Å². The normalized spacial score (nSPS) is 27.8. The maximum absolute atomic E-state index is 6.13. The van der Waals surface area contributed by atoms with E-state index in [1.165, 1.54) is 0 Å². The van der Waals surface area contributed by atoms with Crippen LogP contribution < -0.4 is 5.73 Å². The molecule has 1 saturated heterocycles. The summed E-state index contributed by atoms with van der Waals surface area (Å²) in [5, 5.41) is 0. The van der Waals surface area contributed by atoms with Gasteiger partial charge >= 0.3 is 0 Å². The van der Waals surface area contributed by atoms with E-state index in [1.54, 1.807) is 0 Å². The Bertz CT molecular complexity index is 337. The molecule has 0 aliphatic carbocycles. The lowest BCUT2D eigenvalue weighted by Gasteiger charge is -2.28.